The number of para-hydroxylation sites is 1. The summed E-state index contributed by atoms with van der Waals surface area (Å²) >= 11 is 0. The first-order valence-corrected chi connectivity index (χ1v) is 8.43. The summed E-state index contributed by atoms with van der Waals surface area (Å²) < 4.78 is 10.8. The van der Waals surface area contributed by atoms with Gasteiger partial charge in [0.15, 0.2) is 6.10 Å². The van der Waals surface area contributed by atoms with E-state index in [4.69, 9.17) is 9.47 Å². The molecule has 0 saturated heterocycles. The summed E-state index contributed by atoms with van der Waals surface area (Å²) in [5, 5.41) is 2.81. The molecular weight excluding hydrogens is 318 g/mol. The summed E-state index contributed by atoms with van der Waals surface area (Å²) in [6, 6.07) is 15.8. The third-order valence-electron chi connectivity index (χ3n) is 3.51. The fraction of sp³-hybridized carbons (Fsp3) is 0.300. The lowest BCUT2D eigenvalue weighted by atomic mass is 10.2. The summed E-state index contributed by atoms with van der Waals surface area (Å²) in [4.78, 5) is 24.1. The number of hydrogen-bond donors (Lipinski definition) is 1. The van der Waals surface area contributed by atoms with Crippen molar-refractivity contribution >= 4 is 17.6 Å². The van der Waals surface area contributed by atoms with E-state index in [1.807, 2.05) is 44.2 Å². The minimum absolute atomic E-state index is 0.229. The fourth-order valence-corrected chi connectivity index (χ4v) is 2.18. The largest absolute Gasteiger partial charge is 0.481 e. The van der Waals surface area contributed by atoms with Gasteiger partial charge in [-0.2, -0.15) is 0 Å². The molecule has 25 heavy (non-hydrogen) atoms. The highest BCUT2D eigenvalue weighted by Crippen LogP contribution is 2.15. The van der Waals surface area contributed by atoms with Gasteiger partial charge in [-0.3, -0.25) is 4.79 Å². The summed E-state index contributed by atoms with van der Waals surface area (Å²) in [6.45, 7) is 4.22. The van der Waals surface area contributed by atoms with Gasteiger partial charge in [0.25, 0.3) is 5.91 Å². The lowest BCUT2D eigenvalue weighted by Gasteiger charge is -2.17. The average molecular weight is 341 g/mol. The minimum Gasteiger partial charge on any atom is -0.481 e. The molecule has 0 radical (unpaired) electrons. The Labute approximate surface area is 148 Å². The highest BCUT2D eigenvalue weighted by Gasteiger charge is 2.18. The van der Waals surface area contributed by atoms with Gasteiger partial charge in [0.2, 0.25) is 0 Å². The molecule has 0 bridgehead atoms. The second kappa shape index (κ2) is 9.47. The Morgan fingerprint density at radius 3 is 2.28 bits per heavy atom. The molecule has 5 heteroatoms. The van der Waals surface area contributed by atoms with Gasteiger partial charge >= 0.3 is 5.97 Å². The normalized spacial score (nSPS) is 11.4. The predicted octanol–water partition coefficient (Wildman–Crippen LogP) is 4.05. The quantitative estimate of drug-likeness (QED) is 0.736. The first kappa shape index (κ1) is 18.5. The van der Waals surface area contributed by atoms with Gasteiger partial charge in [0.05, 0.1) is 12.2 Å². The van der Waals surface area contributed by atoms with Crippen LogP contribution in [-0.4, -0.2) is 24.6 Å². The molecule has 1 amide bonds. The van der Waals surface area contributed by atoms with Crippen molar-refractivity contribution in [1.29, 1.82) is 0 Å². The lowest BCUT2D eigenvalue weighted by Crippen LogP contribution is -2.32. The van der Waals surface area contributed by atoms with Gasteiger partial charge in [-0.25, -0.2) is 4.79 Å². The number of benzene rings is 2. The maximum Gasteiger partial charge on any atom is 0.338 e. The topological polar surface area (TPSA) is 64.6 Å². The summed E-state index contributed by atoms with van der Waals surface area (Å²) in [5.74, 6) is 0.0600. The number of hydrogen-bond acceptors (Lipinski definition) is 4. The Balaban J connectivity index is 1.95. The zero-order valence-corrected chi connectivity index (χ0v) is 14.5. The third kappa shape index (κ3) is 5.64. The van der Waals surface area contributed by atoms with Gasteiger partial charge in [-0.1, -0.05) is 32.0 Å². The van der Waals surface area contributed by atoms with Crippen LogP contribution >= 0.6 is 0 Å². The van der Waals surface area contributed by atoms with E-state index in [-0.39, 0.29) is 11.9 Å². The van der Waals surface area contributed by atoms with Crippen LogP contribution < -0.4 is 10.1 Å². The molecule has 5 nitrogen and oxygen atoms in total. The van der Waals surface area contributed by atoms with Crippen LogP contribution in [0.1, 0.15) is 37.0 Å². The van der Waals surface area contributed by atoms with Gasteiger partial charge in [-0.15, -0.1) is 0 Å². The third-order valence-corrected chi connectivity index (χ3v) is 3.51. The molecule has 1 N–H and O–H groups in total. The first-order valence-electron chi connectivity index (χ1n) is 8.43. The van der Waals surface area contributed by atoms with Crippen LogP contribution in [-0.2, 0) is 9.53 Å². The van der Waals surface area contributed by atoms with Gasteiger partial charge in [0.1, 0.15) is 5.75 Å². The Morgan fingerprint density at radius 2 is 1.68 bits per heavy atom. The zero-order valence-electron chi connectivity index (χ0n) is 14.5. The van der Waals surface area contributed by atoms with Crippen LogP contribution in [0, 0.1) is 0 Å². The number of rotatable bonds is 8. The summed E-state index contributed by atoms with van der Waals surface area (Å²) in [5.41, 5.74) is 1.06. The van der Waals surface area contributed by atoms with E-state index in [9.17, 15) is 9.59 Å². The maximum absolute atomic E-state index is 12.4. The number of amides is 1. The van der Waals surface area contributed by atoms with E-state index < -0.39 is 6.10 Å². The van der Waals surface area contributed by atoms with Crippen molar-refractivity contribution in [2.75, 3.05) is 11.9 Å². The smallest absolute Gasteiger partial charge is 0.338 e. The van der Waals surface area contributed by atoms with Crippen molar-refractivity contribution in [1.82, 2.24) is 0 Å². The van der Waals surface area contributed by atoms with Crippen LogP contribution in [0.4, 0.5) is 5.69 Å². The molecule has 0 saturated carbocycles. The highest BCUT2D eigenvalue weighted by atomic mass is 16.5. The average Bonchev–Trinajstić information content (AvgIpc) is 2.65. The second-order valence-electron chi connectivity index (χ2n) is 5.53. The number of ether oxygens (including phenoxy) is 2. The van der Waals surface area contributed by atoms with E-state index in [2.05, 4.69) is 5.32 Å². The second-order valence-corrected chi connectivity index (χ2v) is 5.53. The molecule has 0 aliphatic carbocycles. The number of nitrogens with one attached hydrogen (secondary N) is 1. The van der Waals surface area contributed by atoms with Gasteiger partial charge < -0.3 is 14.8 Å². The monoisotopic (exact) mass is 341 g/mol. The van der Waals surface area contributed by atoms with Crippen LogP contribution in [0.3, 0.4) is 0 Å². The predicted molar refractivity (Wildman–Crippen MR) is 96.8 cm³/mol. The van der Waals surface area contributed by atoms with E-state index in [0.29, 0.717) is 30.0 Å². The SMILES string of the molecule is CCCOC(=O)c1ccc(NC(=O)[C@H](CC)Oc2ccccc2)cc1. The molecule has 0 aliphatic heterocycles. The Kier molecular flexibility index (Phi) is 7.01. The summed E-state index contributed by atoms with van der Waals surface area (Å²) in [6.07, 6.45) is 0.735. The molecule has 0 heterocycles. The van der Waals surface area contributed by atoms with Crippen molar-refractivity contribution in [3.8, 4) is 5.75 Å². The van der Waals surface area contributed by atoms with E-state index in [1.165, 1.54) is 0 Å². The van der Waals surface area contributed by atoms with Gasteiger partial charge in [-0.05, 0) is 49.2 Å². The van der Waals surface area contributed by atoms with E-state index in [0.717, 1.165) is 6.42 Å². The van der Waals surface area contributed by atoms with Crippen molar-refractivity contribution in [2.24, 2.45) is 0 Å². The maximum atomic E-state index is 12.4. The van der Waals surface area contributed by atoms with Crippen LogP contribution in [0.5, 0.6) is 5.75 Å². The molecule has 132 valence electrons. The zero-order chi connectivity index (χ0) is 18.1. The number of anilines is 1. The summed E-state index contributed by atoms with van der Waals surface area (Å²) in [7, 11) is 0. The van der Waals surface area contributed by atoms with Crippen LogP contribution in [0.2, 0.25) is 0 Å². The number of carbonyl (C=O) groups excluding carboxylic acids is 2. The molecular formula is C20H23NO4. The number of carbonyl (C=O) groups is 2. The molecule has 0 fully saturated rings. The van der Waals surface area contributed by atoms with Crippen molar-refractivity contribution < 1.29 is 19.1 Å². The molecule has 1 atom stereocenters. The van der Waals surface area contributed by atoms with E-state index >= 15 is 0 Å². The first-order chi connectivity index (χ1) is 12.1. The molecule has 2 aromatic carbocycles. The minimum atomic E-state index is -0.586. The molecule has 2 aromatic rings. The van der Waals surface area contributed by atoms with E-state index in [1.54, 1.807) is 24.3 Å². The Bertz CT molecular complexity index is 683. The fourth-order valence-electron chi connectivity index (χ4n) is 2.18. The molecule has 0 aliphatic rings. The van der Waals surface area contributed by atoms with Crippen molar-refractivity contribution in [2.45, 2.75) is 32.8 Å². The Hall–Kier alpha value is -2.82. The van der Waals surface area contributed by atoms with Crippen LogP contribution in [0.25, 0.3) is 0 Å². The Morgan fingerprint density at radius 1 is 1.00 bits per heavy atom. The van der Waals surface area contributed by atoms with Gasteiger partial charge in [0, 0.05) is 5.69 Å². The van der Waals surface area contributed by atoms with Crippen molar-refractivity contribution in [3.05, 3.63) is 60.2 Å². The molecule has 2 rings (SSSR count). The molecule has 0 spiro atoms. The van der Waals surface area contributed by atoms with Crippen molar-refractivity contribution in [3.63, 3.8) is 0 Å². The highest BCUT2D eigenvalue weighted by molar-refractivity contribution is 5.95. The number of esters is 1. The lowest BCUT2D eigenvalue weighted by molar-refractivity contribution is -0.122. The molecule has 0 aromatic heterocycles. The molecule has 0 unspecified atom stereocenters. The standard InChI is InChI=1S/C20H23NO4/c1-3-14-24-20(23)15-10-12-16(13-11-15)21-19(22)18(4-2)25-17-8-6-5-7-9-17/h5-13,18H,3-4,14H2,1-2H3,(H,21,22)/t18-/m0/s1. The van der Waals surface area contributed by atoms with Crippen LogP contribution in [0.15, 0.2) is 54.6 Å².